The first-order valence-corrected chi connectivity index (χ1v) is 9.61. The van der Waals surface area contributed by atoms with Crippen molar-refractivity contribution in [2.75, 3.05) is 5.32 Å². The average molecular weight is 386 g/mol. The van der Waals surface area contributed by atoms with Gasteiger partial charge in [-0.25, -0.2) is 17.9 Å². The van der Waals surface area contributed by atoms with Crippen molar-refractivity contribution in [2.24, 2.45) is 0 Å². The fourth-order valence-electron chi connectivity index (χ4n) is 2.47. The van der Waals surface area contributed by atoms with E-state index in [0.717, 1.165) is 11.6 Å². The first-order valence-electron chi connectivity index (χ1n) is 8.13. The van der Waals surface area contributed by atoms with Crippen LogP contribution < -0.4 is 10.0 Å². The molecule has 3 N–H and O–H groups in total. The van der Waals surface area contributed by atoms with E-state index in [9.17, 15) is 18.3 Å². The SMILES string of the molecule is O=C(O)c1cc(S(=O)(=O)NCc2ccccc2)ccc1NCc1ccco1. The van der Waals surface area contributed by atoms with E-state index in [1.54, 1.807) is 24.3 Å². The number of benzene rings is 2. The zero-order chi connectivity index (χ0) is 19.3. The predicted molar refractivity (Wildman–Crippen MR) is 99.9 cm³/mol. The monoisotopic (exact) mass is 386 g/mol. The summed E-state index contributed by atoms with van der Waals surface area (Å²) in [4.78, 5) is 11.5. The lowest BCUT2D eigenvalue weighted by Crippen LogP contribution is -2.23. The number of sulfonamides is 1. The van der Waals surface area contributed by atoms with Gasteiger partial charge in [0, 0.05) is 12.2 Å². The zero-order valence-electron chi connectivity index (χ0n) is 14.3. The molecule has 0 atom stereocenters. The molecule has 0 amide bonds. The molecule has 1 heterocycles. The third kappa shape index (κ3) is 4.75. The number of hydrogen-bond donors (Lipinski definition) is 3. The Labute approximate surface area is 156 Å². The van der Waals surface area contributed by atoms with E-state index in [1.807, 2.05) is 18.2 Å². The molecule has 0 fully saturated rings. The van der Waals surface area contributed by atoms with E-state index in [4.69, 9.17) is 4.42 Å². The largest absolute Gasteiger partial charge is 0.478 e. The van der Waals surface area contributed by atoms with Gasteiger partial charge in [0.2, 0.25) is 10.0 Å². The van der Waals surface area contributed by atoms with E-state index >= 15 is 0 Å². The molecule has 3 rings (SSSR count). The minimum Gasteiger partial charge on any atom is -0.478 e. The summed E-state index contributed by atoms with van der Waals surface area (Å²) in [5, 5.41) is 12.4. The molecular formula is C19H18N2O5S. The summed E-state index contributed by atoms with van der Waals surface area (Å²) in [7, 11) is -3.85. The third-order valence-corrected chi connectivity index (χ3v) is 5.27. The molecule has 0 spiro atoms. The smallest absolute Gasteiger partial charge is 0.337 e. The van der Waals surface area contributed by atoms with Crippen LogP contribution in [0.5, 0.6) is 0 Å². The van der Waals surface area contributed by atoms with Crippen molar-refractivity contribution >= 4 is 21.7 Å². The minimum absolute atomic E-state index is 0.112. The van der Waals surface area contributed by atoms with Gasteiger partial charge in [0.05, 0.1) is 23.3 Å². The van der Waals surface area contributed by atoms with Gasteiger partial charge in [0.15, 0.2) is 0 Å². The second kappa shape index (κ2) is 8.07. The van der Waals surface area contributed by atoms with Gasteiger partial charge in [-0.05, 0) is 35.9 Å². The topological polar surface area (TPSA) is 109 Å². The number of aromatic carboxylic acids is 1. The summed E-state index contributed by atoms with van der Waals surface area (Å²) < 4.78 is 32.7. The van der Waals surface area contributed by atoms with Gasteiger partial charge in [-0.1, -0.05) is 30.3 Å². The van der Waals surface area contributed by atoms with E-state index in [2.05, 4.69) is 10.0 Å². The molecule has 0 aliphatic rings. The van der Waals surface area contributed by atoms with Crippen molar-refractivity contribution < 1.29 is 22.7 Å². The normalized spacial score (nSPS) is 11.3. The molecule has 0 bridgehead atoms. The molecule has 8 heteroatoms. The molecule has 0 aliphatic heterocycles. The highest BCUT2D eigenvalue weighted by molar-refractivity contribution is 7.89. The van der Waals surface area contributed by atoms with Crippen LogP contribution in [0.3, 0.4) is 0 Å². The summed E-state index contributed by atoms with van der Waals surface area (Å²) in [6.07, 6.45) is 1.52. The molecule has 140 valence electrons. The quantitative estimate of drug-likeness (QED) is 0.549. The van der Waals surface area contributed by atoms with Crippen LogP contribution in [0.2, 0.25) is 0 Å². The molecule has 0 saturated carbocycles. The Kier molecular flexibility index (Phi) is 5.58. The number of carboxylic acid groups (broad SMARTS) is 1. The van der Waals surface area contributed by atoms with E-state index in [0.29, 0.717) is 11.4 Å². The van der Waals surface area contributed by atoms with E-state index in [1.165, 1.54) is 18.4 Å². The molecule has 7 nitrogen and oxygen atoms in total. The Bertz CT molecular complexity index is 1020. The number of furan rings is 1. The molecule has 0 unspecified atom stereocenters. The fraction of sp³-hybridized carbons (Fsp3) is 0.105. The van der Waals surface area contributed by atoms with Crippen LogP contribution in [0.25, 0.3) is 0 Å². The number of anilines is 1. The van der Waals surface area contributed by atoms with Gasteiger partial charge < -0.3 is 14.8 Å². The van der Waals surface area contributed by atoms with Crippen LogP contribution in [-0.4, -0.2) is 19.5 Å². The number of nitrogens with one attached hydrogen (secondary N) is 2. The fourth-order valence-corrected chi connectivity index (χ4v) is 3.52. The molecule has 2 aromatic carbocycles. The minimum atomic E-state index is -3.85. The van der Waals surface area contributed by atoms with Crippen LogP contribution in [-0.2, 0) is 23.1 Å². The number of carboxylic acids is 1. The lowest BCUT2D eigenvalue weighted by molar-refractivity contribution is 0.0697. The van der Waals surface area contributed by atoms with Gasteiger partial charge in [-0.3, -0.25) is 0 Å². The highest BCUT2D eigenvalue weighted by atomic mass is 32.2. The first kappa shape index (κ1) is 18.7. The van der Waals surface area contributed by atoms with Crippen molar-refractivity contribution in [3.8, 4) is 0 Å². The highest BCUT2D eigenvalue weighted by Crippen LogP contribution is 2.22. The number of hydrogen-bond acceptors (Lipinski definition) is 5. The Morgan fingerprint density at radius 3 is 2.44 bits per heavy atom. The summed E-state index contributed by atoms with van der Waals surface area (Å²) >= 11 is 0. The average Bonchev–Trinajstić information content (AvgIpc) is 3.19. The molecule has 3 aromatic rings. The Morgan fingerprint density at radius 2 is 1.78 bits per heavy atom. The maximum Gasteiger partial charge on any atom is 0.337 e. The van der Waals surface area contributed by atoms with Crippen LogP contribution in [0, 0.1) is 0 Å². The Hall–Kier alpha value is -3.10. The zero-order valence-corrected chi connectivity index (χ0v) is 15.1. The maximum atomic E-state index is 12.5. The second-order valence-corrected chi connectivity index (χ2v) is 7.52. The number of carbonyl (C=O) groups is 1. The predicted octanol–water partition coefficient (Wildman–Crippen LogP) is 3.07. The van der Waals surface area contributed by atoms with Crippen molar-refractivity contribution in [1.82, 2.24) is 4.72 Å². The van der Waals surface area contributed by atoms with E-state index in [-0.39, 0.29) is 23.5 Å². The molecule has 27 heavy (non-hydrogen) atoms. The third-order valence-electron chi connectivity index (χ3n) is 3.87. The van der Waals surface area contributed by atoms with Gasteiger partial charge in [0.25, 0.3) is 0 Å². The Balaban J connectivity index is 1.78. The molecule has 0 aliphatic carbocycles. The summed E-state index contributed by atoms with van der Waals surface area (Å²) in [6.45, 7) is 0.399. The summed E-state index contributed by atoms with van der Waals surface area (Å²) in [5.74, 6) is -0.593. The highest BCUT2D eigenvalue weighted by Gasteiger charge is 2.19. The lowest BCUT2D eigenvalue weighted by Gasteiger charge is -2.12. The molecule has 0 radical (unpaired) electrons. The van der Waals surface area contributed by atoms with E-state index < -0.39 is 16.0 Å². The van der Waals surface area contributed by atoms with Crippen molar-refractivity contribution in [3.05, 3.63) is 83.8 Å². The van der Waals surface area contributed by atoms with Gasteiger partial charge in [-0.2, -0.15) is 0 Å². The van der Waals surface area contributed by atoms with Crippen molar-refractivity contribution in [2.45, 2.75) is 18.0 Å². The number of rotatable bonds is 8. The standard InChI is InChI=1S/C19H18N2O5S/c22-19(23)17-11-16(8-9-18(17)20-13-15-7-4-10-26-15)27(24,25)21-12-14-5-2-1-3-6-14/h1-11,20-21H,12-13H2,(H,22,23). The van der Waals surface area contributed by atoms with Gasteiger partial charge in [-0.15, -0.1) is 0 Å². The molecule has 0 saturated heterocycles. The first-order chi connectivity index (χ1) is 13.0. The van der Waals surface area contributed by atoms with Crippen molar-refractivity contribution in [3.63, 3.8) is 0 Å². The maximum absolute atomic E-state index is 12.5. The van der Waals surface area contributed by atoms with Crippen molar-refractivity contribution in [1.29, 1.82) is 0 Å². The molecule has 1 aromatic heterocycles. The van der Waals surface area contributed by atoms with Crippen LogP contribution >= 0.6 is 0 Å². The second-order valence-electron chi connectivity index (χ2n) is 5.76. The lowest BCUT2D eigenvalue weighted by atomic mass is 10.2. The summed E-state index contributed by atoms with van der Waals surface area (Å²) in [5.41, 5.74) is 0.973. The summed E-state index contributed by atoms with van der Waals surface area (Å²) in [6, 6.07) is 16.5. The Morgan fingerprint density at radius 1 is 1.00 bits per heavy atom. The van der Waals surface area contributed by atoms with Gasteiger partial charge >= 0.3 is 5.97 Å². The van der Waals surface area contributed by atoms with Gasteiger partial charge in [0.1, 0.15) is 5.76 Å². The molecular weight excluding hydrogens is 368 g/mol. The van der Waals surface area contributed by atoms with Crippen LogP contribution in [0.4, 0.5) is 5.69 Å². The van der Waals surface area contributed by atoms with Crippen LogP contribution in [0.15, 0.2) is 76.2 Å². The van der Waals surface area contributed by atoms with Crippen LogP contribution in [0.1, 0.15) is 21.7 Å².